The van der Waals surface area contributed by atoms with Crippen LogP contribution in [0.25, 0.3) is 0 Å². The van der Waals surface area contributed by atoms with Gasteiger partial charge in [0.05, 0.1) is 12.7 Å². The van der Waals surface area contributed by atoms with Gasteiger partial charge in [-0.1, -0.05) is 12.1 Å². The maximum Gasteiger partial charge on any atom is 0.241 e. The number of methoxy groups -OCH3 is 1. The molecule has 0 aliphatic carbocycles. The number of hydrogen-bond donors (Lipinski definition) is 2. The molecule has 2 atom stereocenters. The molecule has 1 aliphatic rings. The van der Waals surface area contributed by atoms with Crippen molar-refractivity contribution in [2.45, 2.75) is 25.0 Å². The minimum atomic E-state index is -0.636. The third-order valence-electron chi connectivity index (χ3n) is 4.17. The van der Waals surface area contributed by atoms with Crippen molar-refractivity contribution in [1.82, 2.24) is 4.90 Å². The van der Waals surface area contributed by atoms with Crippen LogP contribution in [0.15, 0.2) is 24.3 Å². The Labute approximate surface area is 129 Å². The van der Waals surface area contributed by atoms with Crippen LogP contribution in [0.2, 0.25) is 0 Å². The van der Waals surface area contributed by atoms with Crippen LogP contribution in [0, 0.1) is 11.7 Å². The highest BCUT2D eigenvalue weighted by atomic mass is 19.1. The Kier molecular flexibility index (Phi) is 5.88. The number of aliphatic hydroxyl groups excluding tert-OH is 1. The van der Waals surface area contributed by atoms with Crippen molar-refractivity contribution in [3.63, 3.8) is 0 Å². The number of amides is 1. The van der Waals surface area contributed by atoms with E-state index >= 15 is 0 Å². The summed E-state index contributed by atoms with van der Waals surface area (Å²) in [5.74, 6) is -0.367. The van der Waals surface area contributed by atoms with Gasteiger partial charge in [0.15, 0.2) is 0 Å². The smallest absolute Gasteiger partial charge is 0.241 e. The average molecular weight is 310 g/mol. The number of rotatable bonds is 5. The number of halogens is 1. The molecule has 0 radical (unpaired) electrons. The van der Waals surface area contributed by atoms with Gasteiger partial charge in [-0.25, -0.2) is 4.39 Å². The Morgan fingerprint density at radius 3 is 2.55 bits per heavy atom. The second-order valence-corrected chi connectivity index (χ2v) is 5.72. The molecule has 2 rings (SSSR count). The minimum Gasteiger partial charge on any atom is -0.388 e. The molecule has 1 amide bonds. The van der Waals surface area contributed by atoms with Gasteiger partial charge in [-0.3, -0.25) is 4.79 Å². The quantitative estimate of drug-likeness (QED) is 0.853. The van der Waals surface area contributed by atoms with E-state index < -0.39 is 12.1 Å². The first-order valence-electron chi connectivity index (χ1n) is 7.49. The maximum atomic E-state index is 12.9. The number of piperidine rings is 1. The lowest BCUT2D eigenvalue weighted by Gasteiger charge is -2.35. The molecule has 22 heavy (non-hydrogen) atoms. The first-order chi connectivity index (χ1) is 10.5. The number of ether oxygens (including phenoxy) is 1. The van der Waals surface area contributed by atoms with Gasteiger partial charge in [-0.05, 0) is 36.5 Å². The number of nitrogens with zero attached hydrogens (tertiary/aromatic N) is 1. The van der Waals surface area contributed by atoms with Gasteiger partial charge in [0.25, 0.3) is 0 Å². The van der Waals surface area contributed by atoms with Crippen molar-refractivity contribution >= 4 is 5.91 Å². The number of aliphatic hydroxyl groups is 1. The second-order valence-electron chi connectivity index (χ2n) is 5.72. The van der Waals surface area contributed by atoms with E-state index in [1.807, 2.05) is 0 Å². The Morgan fingerprint density at radius 2 is 2.00 bits per heavy atom. The fraction of sp³-hybridized carbons (Fsp3) is 0.562. The van der Waals surface area contributed by atoms with Gasteiger partial charge >= 0.3 is 0 Å². The summed E-state index contributed by atoms with van der Waals surface area (Å²) in [6, 6.07) is 5.27. The number of nitrogens with two attached hydrogens (primary N) is 1. The lowest BCUT2D eigenvalue weighted by molar-refractivity contribution is -0.135. The lowest BCUT2D eigenvalue weighted by atomic mass is 9.87. The minimum absolute atomic E-state index is 0.0631. The van der Waals surface area contributed by atoms with Crippen LogP contribution in [0.3, 0.4) is 0 Å². The van der Waals surface area contributed by atoms with Gasteiger partial charge in [0.2, 0.25) is 5.91 Å². The molecule has 122 valence electrons. The number of carbonyl (C=O) groups is 1. The molecule has 5 nitrogen and oxygen atoms in total. The Morgan fingerprint density at radius 1 is 1.41 bits per heavy atom. The molecule has 0 bridgehead atoms. The highest BCUT2D eigenvalue weighted by molar-refractivity contribution is 5.81. The fourth-order valence-corrected chi connectivity index (χ4v) is 2.85. The largest absolute Gasteiger partial charge is 0.388 e. The standard InChI is InChI=1S/C16H23FN2O3/c1-22-10-14(18)16(21)19-8-6-12(7-9-19)15(20)11-2-4-13(17)5-3-11/h2-5,12,14-15,20H,6-10,18H2,1H3. The van der Waals surface area contributed by atoms with E-state index in [4.69, 9.17) is 10.5 Å². The monoisotopic (exact) mass is 310 g/mol. The summed E-state index contributed by atoms with van der Waals surface area (Å²) in [6.45, 7) is 1.34. The van der Waals surface area contributed by atoms with Crippen molar-refractivity contribution in [2.75, 3.05) is 26.8 Å². The molecule has 1 saturated heterocycles. The van der Waals surface area contributed by atoms with E-state index in [9.17, 15) is 14.3 Å². The number of likely N-dealkylation sites (tertiary alicyclic amines) is 1. The molecule has 1 heterocycles. The molecule has 0 saturated carbocycles. The molecule has 6 heteroatoms. The Balaban J connectivity index is 1.89. The van der Waals surface area contributed by atoms with Crippen molar-refractivity contribution in [2.24, 2.45) is 11.7 Å². The topological polar surface area (TPSA) is 75.8 Å². The second kappa shape index (κ2) is 7.67. The molecule has 1 aromatic carbocycles. The number of hydrogen-bond acceptors (Lipinski definition) is 4. The molecule has 0 aromatic heterocycles. The van der Waals surface area contributed by atoms with Crippen molar-refractivity contribution in [1.29, 1.82) is 0 Å². The molecule has 3 N–H and O–H groups in total. The zero-order valence-electron chi connectivity index (χ0n) is 12.7. The summed E-state index contributed by atoms with van der Waals surface area (Å²) < 4.78 is 17.8. The normalized spacial score (nSPS) is 19.0. The molecule has 1 aliphatic heterocycles. The summed E-state index contributed by atoms with van der Waals surface area (Å²) >= 11 is 0. The Bertz CT molecular complexity index is 487. The molecular formula is C16H23FN2O3. The van der Waals surface area contributed by atoms with Crippen molar-refractivity contribution in [3.8, 4) is 0 Å². The van der Waals surface area contributed by atoms with E-state index in [-0.39, 0.29) is 24.2 Å². The first-order valence-corrected chi connectivity index (χ1v) is 7.49. The van der Waals surface area contributed by atoms with Crippen LogP contribution < -0.4 is 5.73 Å². The maximum absolute atomic E-state index is 12.9. The number of benzene rings is 1. The van der Waals surface area contributed by atoms with Gasteiger partial charge in [-0.15, -0.1) is 0 Å². The highest BCUT2D eigenvalue weighted by Crippen LogP contribution is 2.30. The predicted molar refractivity (Wildman–Crippen MR) is 80.5 cm³/mol. The van der Waals surface area contributed by atoms with Crippen LogP contribution in [0.1, 0.15) is 24.5 Å². The molecule has 0 spiro atoms. The number of carbonyl (C=O) groups excluding carboxylic acids is 1. The summed E-state index contributed by atoms with van der Waals surface area (Å²) in [4.78, 5) is 13.8. The zero-order valence-corrected chi connectivity index (χ0v) is 12.7. The summed E-state index contributed by atoms with van der Waals surface area (Å²) in [6.07, 6.45) is 0.763. The zero-order chi connectivity index (χ0) is 16.1. The summed E-state index contributed by atoms with van der Waals surface area (Å²) in [7, 11) is 1.51. The van der Waals surface area contributed by atoms with Gasteiger partial charge in [-0.2, -0.15) is 0 Å². The van der Waals surface area contributed by atoms with E-state index in [2.05, 4.69) is 0 Å². The summed E-state index contributed by atoms with van der Waals surface area (Å²) in [5, 5.41) is 10.4. The lowest BCUT2D eigenvalue weighted by Crippen LogP contribution is -2.49. The van der Waals surface area contributed by atoms with E-state index in [1.54, 1.807) is 17.0 Å². The van der Waals surface area contributed by atoms with Gasteiger partial charge in [0.1, 0.15) is 11.9 Å². The van der Waals surface area contributed by atoms with Gasteiger partial charge in [0, 0.05) is 20.2 Å². The van der Waals surface area contributed by atoms with Gasteiger partial charge < -0.3 is 20.5 Å². The summed E-state index contributed by atoms with van der Waals surface area (Å²) in [5.41, 5.74) is 6.47. The molecule has 1 aromatic rings. The van der Waals surface area contributed by atoms with E-state index in [0.717, 1.165) is 0 Å². The molecule has 2 unspecified atom stereocenters. The average Bonchev–Trinajstić information content (AvgIpc) is 2.54. The Hall–Kier alpha value is -1.50. The van der Waals surface area contributed by atoms with Crippen LogP contribution in [-0.2, 0) is 9.53 Å². The van der Waals surface area contributed by atoms with Crippen LogP contribution in [0.5, 0.6) is 0 Å². The predicted octanol–water partition coefficient (Wildman–Crippen LogP) is 1.07. The molecule has 1 fully saturated rings. The van der Waals surface area contributed by atoms with Crippen LogP contribution >= 0.6 is 0 Å². The van der Waals surface area contributed by atoms with Crippen LogP contribution in [0.4, 0.5) is 4.39 Å². The van der Waals surface area contributed by atoms with E-state index in [0.29, 0.717) is 31.5 Å². The fourth-order valence-electron chi connectivity index (χ4n) is 2.85. The molecular weight excluding hydrogens is 287 g/mol. The highest BCUT2D eigenvalue weighted by Gasteiger charge is 2.30. The van der Waals surface area contributed by atoms with Crippen LogP contribution in [-0.4, -0.2) is 48.8 Å². The first kappa shape index (κ1) is 16.9. The third kappa shape index (κ3) is 4.03. The third-order valence-corrected chi connectivity index (χ3v) is 4.17. The van der Waals surface area contributed by atoms with Crippen molar-refractivity contribution in [3.05, 3.63) is 35.6 Å². The van der Waals surface area contributed by atoms with E-state index in [1.165, 1.54) is 19.2 Å². The van der Waals surface area contributed by atoms with Crippen molar-refractivity contribution < 1.29 is 19.0 Å². The SMILES string of the molecule is COCC(N)C(=O)N1CCC(C(O)c2ccc(F)cc2)CC1.